The Morgan fingerprint density at radius 3 is 2.21 bits per heavy atom. The van der Waals surface area contributed by atoms with Gasteiger partial charge in [-0.1, -0.05) is 95.9 Å². The summed E-state index contributed by atoms with van der Waals surface area (Å²) in [5, 5.41) is 0. The lowest BCUT2D eigenvalue weighted by Gasteiger charge is -2.29. The summed E-state index contributed by atoms with van der Waals surface area (Å²) < 4.78 is 20.0. The molecule has 1 aromatic heterocycles. The van der Waals surface area contributed by atoms with E-state index in [0.29, 0.717) is 18.3 Å². The first-order chi connectivity index (χ1) is 16.2. The van der Waals surface area contributed by atoms with E-state index in [1.807, 2.05) is 12.1 Å². The van der Waals surface area contributed by atoms with Gasteiger partial charge in [0.2, 0.25) is 0 Å². The van der Waals surface area contributed by atoms with E-state index in [-0.39, 0.29) is 5.75 Å². The summed E-state index contributed by atoms with van der Waals surface area (Å²) >= 11 is 0. The van der Waals surface area contributed by atoms with Gasteiger partial charge in [0.25, 0.3) is 5.95 Å². The molecule has 33 heavy (non-hydrogen) atoms. The largest absolute Gasteiger partial charge is 0.487 e. The normalized spacial score (nSPS) is 18.4. The van der Waals surface area contributed by atoms with E-state index in [4.69, 9.17) is 4.74 Å². The minimum atomic E-state index is -0.573. The van der Waals surface area contributed by atoms with Crippen molar-refractivity contribution in [2.75, 3.05) is 6.61 Å². The van der Waals surface area contributed by atoms with E-state index in [9.17, 15) is 4.39 Å². The molecular formula is C29H43FN2O. The van der Waals surface area contributed by atoms with Gasteiger partial charge in [-0.25, -0.2) is 4.98 Å². The second kappa shape index (κ2) is 14.3. The van der Waals surface area contributed by atoms with Gasteiger partial charge in [-0.3, -0.25) is 0 Å². The molecular weight excluding hydrogens is 411 g/mol. The van der Waals surface area contributed by atoms with E-state index < -0.39 is 5.95 Å². The molecule has 0 radical (unpaired) electrons. The fourth-order valence-corrected chi connectivity index (χ4v) is 5.02. The molecule has 3 nitrogen and oxygen atoms in total. The molecule has 0 spiro atoms. The first kappa shape index (κ1) is 25.6. The smallest absolute Gasteiger partial charge is 0.258 e. The van der Waals surface area contributed by atoms with Crippen molar-refractivity contribution in [2.45, 2.75) is 110 Å². The third-order valence-electron chi connectivity index (χ3n) is 7.17. The molecule has 2 aromatic rings. The molecule has 0 amide bonds. The van der Waals surface area contributed by atoms with Gasteiger partial charge in [0.1, 0.15) is 0 Å². The average molecular weight is 455 g/mol. The van der Waals surface area contributed by atoms with Crippen LogP contribution >= 0.6 is 0 Å². The Labute approximate surface area is 200 Å². The number of benzene rings is 1. The average Bonchev–Trinajstić information content (AvgIpc) is 2.85. The zero-order valence-electron chi connectivity index (χ0n) is 20.8. The van der Waals surface area contributed by atoms with Gasteiger partial charge >= 0.3 is 0 Å². The van der Waals surface area contributed by atoms with Crippen LogP contribution in [-0.2, 0) is 0 Å². The van der Waals surface area contributed by atoms with E-state index in [2.05, 4.69) is 35.9 Å². The number of nitrogens with zero attached hydrogens (tertiary/aromatic N) is 2. The van der Waals surface area contributed by atoms with Gasteiger partial charge in [0.15, 0.2) is 11.6 Å². The molecule has 1 aliphatic rings. The minimum absolute atomic E-state index is 0.152. The number of ether oxygens (including phenoxy) is 1. The van der Waals surface area contributed by atoms with Crippen LogP contribution < -0.4 is 4.74 Å². The highest BCUT2D eigenvalue weighted by atomic mass is 19.1. The molecule has 0 N–H and O–H groups in total. The number of unbranched alkanes of at least 4 members (excludes halogenated alkanes) is 7. The van der Waals surface area contributed by atoms with Crippen LogP contribution in [0.25, 0.3) is 11.4 Å². The number of aromatic nitrogens is 2. The van der Waals surface area contributed by atoms with Crippen LogP contribution in [0.2, 0.25) is 0 Å². The fraction of sp³-hybridized carbons (Fsp3) is 0.655. The van der Waals surface area contributed by atoms with E-state index in [1.54, 1.807) is 0 Å². The van der Waals surface area contributed by atoms with Gasteiger partial charge in [-0.2, -0.15) is 9.37 Å². The molecule has 1 heterocycles. The Morgan fingerprint density at radius 2 is 1.52 bits per heavy atom. The van der Waals surface area contributed by atoms with Crippen molar-refractivity contribution in [1.29, 1.82) is 0 Å². The third kappa shape index (κ3) is 8.39. The molecule has 0 unspecified atom stereocenters. The van der Waals surface area contributed by atoms with Crippen LogP contribution in [0.1, 0.15) is 115 Å². The predicted octanol–water partition coefficient (Wildman–Crippen LogP) is 8.88. The molecule has 1 fully saturated rings. The summed E-state index contributed by atoms with van der Waals surface area (Å²) in [6.45, 7) is 5.01. The number of rotatable bonds is 14. The highest BCUT2D eigenvalue weighted by Crippen LogP contribution is 2.38. The SMILES string of the molecule is CCCCCCCCOc1cnc(-c2ccc(C3CCC(CCCCC)CC3)cc2)nc1F. The zero-order valence-corrected chi connectivity index (χ0v) is 20.8. The van der Waals surface area contributed by atoms with Crippen molar-refractivity contribution >= 4 is 0 Å². The van der Waals surface area contributed by atoms with Crippen LogP contribution in [0.4, 0.5) is 4.39 Å². The molecule has 182 valence electrons. The maximum Gasteiger partial charge on any atom is 0.258 e. The maximum absolute atomic E-state index is 14.5. The van der Waals surface area contributed by atoms with Crippen molar-refractivity contribution < 1.29 is 9.13 Å². The summed E-state index contributed by atoms with van der Waals surface area (Å²) in [5.74, 6) is 1.57. The van der Waals surface area contributed by atoms with Crippen molar-refractivity contribution in [3.63, 3.8) is 0 Å². The first-order valence-corrected chi connectivity index (χ1v) is 13.5. The molecule has 1 aromatic carbocycles. The van der Waals surface area contributed by atoms with Gasteiger partial charge < -0.3 is 4.74 Å². The number of halogens is 1. The second-order valence-corrected chi connectivity index (χ2v) is 9.80. The lowest BCUT2D eigenvalue weighted by molar-refractivity contribution is 0.284. The highest BCUT2D eigenvalue weighted by Gasteiger charge is 2.22. The molecule has 0 atom stereocenters. The molecule has 1 saturated carbocycles. The molecule has 3 rings (SSSR count). The summed E-state index contributed by atoms with van der Waals surface area (Å²) in [7, 11) is 0. The molecule has 1 aliphatic carbocycles. The van der Waals surface area contributed by atoms with Crippen LogP contribution in [0, 0.1) is 11.9 Å². The number of hydrogen-bond acceptors (Lipinski definition) is 3. The Balaban J connectivity index is 1.46. The lowest BCUT2D eigenvalue weighted by atomic mass is 9.77. The predicted molar refractivity (Wildman–Crippen MR) is 135 cm³/mol. The summed E-state index contributed by atoms with van der Waals surface area (Å²) in [6, 6.07) is 8.44. The summed E-state index contributed by atoms with van der Waals surface area (Å²) in [4.78, 5) is 8.43. The van der Waals surface area contributed by atoms with Crippen LogP contribution in [-0.4, -0.2) is 16.6 Å². The molecule has 0 aliphatic heterocycles. The van der Waals surface area contributed by atoms with Crippen molar-refractivity contribution in [3.05, 3.63) is 42.0 Å². The van der Waals surface area contributed by atoms with Gasteiger partial charge in [0.05, 0.1) is 12.8 Å². The van der Waals surface area contributed by atoms with Crippen molar-refractivity contribution in [3.8, 4) is 17.1 Å². The highest BCUT2D eigenvalue weighted by molar-refractivity contribution is 5.55. The Bertz CT molecular complexity index is 800. The van der Waals surface area contributed by atoms with Gasteiger partial charge in [-0.15, -0.1) is 0 Å². The van der Waals surface area contributed by atoms with Crippen LogP contribution in [0.5, 0.6) is 5.75 Å². The van der Waals surface area contributed by atoms with Crippen molar-refractivity contribution in [2.24, 2.45) is 5.92 Å². The van der Waals surface area contributed by atoms with E-state index in [1.165, 1.54) is 88.8 Å². The Morgan fingerprint density at radius 1 is 0.848 bits per heavy atom. The van der Waals surface area contributed by atoms with E-state index >= 15 is 0 Å². The first-order valence-electron chi connectivity index (χ1n) is 13.5. The Hall–Kier alpha value is -1.97. The third-order valence-corrected chi connectivity index (χ3v) is 7.17. The maximum atomic E-state index is 14.5. The van der Waals surface area contributed by atoms with Crippen LogP contribution in [0.15, 0.2) is 30.5 Å². The molecule has 0 saturated heterocycles. The molecule has 0 bridgehead atoms. The van der Waals surface area contributed by atoms with Gasteiger partial charge in [-0.05, 0) is 49.5 Å². The fourth-order valence-electron chi connectivity index (χ4n) is 5.02. The monoisotopic (exact) mass is 454 g/mol. The Kier molecular flexibility index (Phi) is 11.1. The van der Waals surface area contributed by atoms with Crippen LogP contribution in [0.3, 0.4) is 0 Å². The van der Waals surface area contributed by atoms with E-state index in [0.717, 1.165) is 24.3 Å². The lowest BCUT2D eigenvalue weighted by Crippen LogP contribution is -2.13. The summed E-state index contributed by atoms with van der Waals surface area (Å²) in [5.41, 5.74) is 2.25. The standard InChI is InChI=1S/C29H43FN2O/c1-3-5-7-8-9-11-21-33-27-22-31-29(32-28(27)30)26-19-17-25(18-20-26)24-15-13-23(14-16-24)12-10-6-4-2/h17-20,22-24H,3-16,21H2,1-2H3. The topological polar surface area (TPSA) is 35.0 Å². The molecule has 4 heteroatoms. The second-order valence-electron chi connectivity index (χ2n) is 9.80. The minimum Gasteiger partial charge on any atom is -0.487 e. The quantitative estimate of drug-likeness (QED) is 0.211. The van der Waals surface area contributed by atoms with Crippen molar-refractivity contribution in [1.82, 2.24) is 9.97 Å². The summed E-state index contributed by atoms with van der Waals surface area (Å²) in [6.07, 6.45) is 19.3. The zero-order chi connectivity index (χ0) is 23.3. The number of hydrogen-bond donors (Lipinski definition) is 0. The van der Waals surface area contributed by atoms with Gasteiger partial charge in [0, 0.05) is 5.56 Å².